The van der Waals surface area contributed by atoms with Crippen molar-refractivity contribution < 1.29 is 14.3 Å². The topological polar surface area (TPSA) is 104 Å². The third-order valence-corrected chi connectivity index (χ3v) is 9.00. The van der Waals surface area contributed by atoms with Crippen LogP contribution in [0.4, 0.5) is 5.69 Å². The van der Waals surface area contributed by atoms with Crippen molar-refractivity contribution in [2.24, 2.45) is 0 Å². The molecule has 0 unspecified atom stereocenters. The summed E-state index contributed by atoms with van der Waals surface area (Å²) < 4.78 is 4.93. The Morgan fingerprint density at radius 1 is 0.792 bits per heavy atom. The Balaban J connectivity index is 1.38. The van der Waals surface area contributed by atoms with Gasteiger partial charge in [-0.2, -0.15) is 10.5 Å². The summed E-state index contributed by atoms with van der Waals surface area (Å²) in [5, 5.41) is 19.8. The Kier molecular flexibility index (Phi) is 11.5. The van der Waals surface area contributed by atoms with Crippen molar-refractivity contribution >= 4 is 17.6 Å². The number of carbonyl (C=O) groups is 2. The van der Waals surface area contributed by atoms with E-state index in [1.807, 2.05) is 23.1 Å². The molecule has 0 radical (unpaired) electrons. The van der Waals surface area contributed by atoms with Crippen LogP contribution in [-0.4, -0.2) is 66.4 Å². The van der Waals surface area contributed by atoms with E-state index in [4.69, 9.17) is 4.74 Å². The lowest BCUT2D eigenvalue weighted by Gasteiger charge is -2.29. The molecule has 2 fully saturated rings. The maximum absolute atomic E-state index is 14.2. The van der Waals surface area contributed by atoms with E-state index in [-0.39, 0.29) is 24.4 Å². The second kappa shape index (κ2) is 16.1. The highest BCUT2D eigenvalue weighted by Gasteiger charge is 2.30. The Bertz CT molecular complexity index is 1710. The summed E-state index contributed by atoms with van der Waals surface area (Å²) in [6.45, 7) is 9.56. The van der Waals surface area contributed by atoms with E-state index in [0.717, 1.165) is 53.1 Å². The number of anilines is 1. The molecule has 2 aliphatic rings. The number of benzene rings is 3. The van der Waals surface area contributed by atoms with Gasteiger partial charge in [-0.1, -0.05) is 60.0 Å². The second-order valence-electron chi connectivity index (χ2n) is 12.8. The second-order valence-corrected chi connectivity index (χ2v) is 12.8. The minimum atomic E-state index is -0.428. The van der Waals surface area contributed by atoms with Gasteiger partial charge in [0.1, 0.15) is 18.0 Å². The Morgan fingerprint density at radius 2 is 1.48 bits per heavy atom. The third-order valence-electron chi connectivity index (χ3n) is 9.00. The van der Waals surface area contributed by atoms with Crippen LogP contribution in [0.5, 0.6) is 0 Å². The smallest absolute Gasteiger partial charge is 0.337 e. The number of hydrogen-bond acceptors (Lipinski definition) is 8. The first kappa shape index (κ1) is 34.2. The lowest BCUT2D eigenvalue weighted by atomic mass is 10.1. The first-order valence-electron chi connectivity index (χ1n) is 16.7. The number of esters is 1. The van der Waals surface area contributed by atoms with E-state index >= 15 is 0 Å². The van der Waals surface area contributed by atoms with Crippen LogP contribution in [0.2, 0.25) is 0 Å². The van der Waals surface area contributed by atoms with Crippen molar-refractivity contribution in [2.45, 2.75) is 59.2 Å². The molecule has 0 saturated carbocycles. The van der Waals surface area contributed by atoms with Crippen molar-refractivity contribution in [1.82, 2.24) is 14.7 Å². The number of nitrogens with zero attached hydrogens (tertiary/aromatic N) is 6. The summed E-state index contributed by atoms with van der Waals surface area (Å²) in [5.41, 5.74) is 6.67. The van der Waals surface area contributed by atoms with E-state index in [0.29, 0.717) is 37.6 Å². The summed E-state index contributed by atoms with van der Waals surface area (Å²) in [6.07, 6.45) is 3.85. The number of aryl methyl sites for hydroxylation is 2. The fraction of sp³-hybridized carbons (Fsp3) is 0.385. The minimum Gasteiger partial charge on any atom is -0.465 e. The number of ether oxygens (including phenoxy) is 1. The fourth-order valence-electron chi connectivity index (χ4n) is 6.83. The average molecular weight is 645 g/mol. The number of allylic oxidation sites excluding steroid dienone is 1. The van der Waals surface area contributed by atoms with Gasteiger partial charge in [-0.25, -0.2) is 4.79 Å². The van der Waals surface area contributed by atoms with E-state index in [1.165, 1.54) is 26.4 Å². The van der Waals surface area contributed by atoms with Crippen molar-refractivity contribution in [2.75, 3.05) is 44.7 Å². The summed E-state index contributed by atoms with van der Waals surface area (Å²) in [6, 6.07) is 25.9. The van der Waals surface area contributed by atoms with Crippen LogP contribution in [0.3, 0.4) is 0 Å². The van der Waals surface area contributed by atoms with Gasteiger partial charge in [-0.3, -0.25) is 9.69 Å². The van der Waals surface area contributed by atoms with Crippen molar-refractivity contribution in [3.63, 3.8) is 0 Å². The van der Waals surface area contributed by atoms with Gasteiger partial charge < -0.3 is 19.4 Å². The highest BCUT2D eigenvalue weighted by molar-refractivity contribution is 5.94. The van der Waals surface area contributed by atoms with Crippen LogP contribution in [-0.2, 0) is 29.2 Å². The number of rotatable bonds is 11. The minimum absolute atomic E-state index is 0.0474. The van der Waals surface area contributed by atoms with Crippen LogP contribution in [0.15, 0.2) is 78.1 Å². The van der Waals surface area contributed by atoms with Gasteiger partial charge in [0, 0.05) is 44.8 Å². The zero-order valence-corrected chi connectivity index (χ0v) is 28.2. The van der Waals surface area contributed by atoms with E-state index in [9.17, 15) is 20.1 Å². The number of carbonyl (C=O) groups excluding carboxylic acids is 2. The van der Waals surface area contributed by atoms with Crippen molar-refractivity contribution in [3.8, 4) is 12.1 Å². The maximum atomic E-state index is 14.2. The van der Waals surface area contributed by atoms with Crippen LogP contribution >= 0.6 is 0 Å². The molecule has 3 aromatic carbocycles. The van der Waals surface area contributed by atoms with Crippen molar-refractivity contribution in [3.05, 3.63) is 112 Å². The number of hydrogen-bond donors (Lipinski definition) is 0. The molecule has 9 heteroatoms. The monoisotopic (exact) mass is 644 g/mol. The molecular weight excluding hydrogens is 600 g/mol. The SMILES string of the molecule is COC(=O)c1cccc(CN(C(=O)CCN2CCN(Cc3cc(C)cc(C)c3)C2=C(C#N)C#N)c2cccc(CN3CCCCC3)c2)c1. The van der Waals surface area contributed by atoms with Crippen LogP contribution in [0.25, 0.3) is 0 Å². The first-order chi connectivity index (χ1) is 23.3. The highest BCUT2D eigenvalue weighted by Crippen LogP contribution is 2.27. The number of likely N-dealkylation sites (tertiary alicyclic amines) is 1. The predicted molar refractivity (Wildman–Crippen MR) is 185 cm³/mol. The number of methoxy groups -OCH3 is 1. The van der Waals surface area contributed by atoms with Gasteiger partial charge in [-0.05, 0) is 80.7 Å². The summed E-state index contributed by atoms with van der Waals surface area (Å²) in [7, 11) is 1.35. The molecule has 0 aromatic heterocycles. The third kappa shape index (κ3) is 8.61. The first-order valence-corrected chi connectivity index (χ1v) is 16.7. The molecule has 2 aliphatic heterocycles. The van der Waals surface area contributed by atoms with Crippen LogP contribution in [0.1, 0.15) is 63.9 Å². The zero-order chi connectivity index (χ0) is 34.0. The molecule has 0 atom stereocenters. The largest absolute Gasteiger partial charge is 0.465 e. The molecule has 1 amide bonds. The highest BCUT2D eigenvalue weighted by atomic mass is 16.5. The number of amides is 1. The summed E-state index contributed by atoms with van der Waals surface area (Å²) in [4.78, 5) is 34.8. The maximum Gasteiger partial charge on any atom is 0.337 e. The van der Waals surface area contributed by atoms with Crippen LogP contribution in [0, 0.1) is 36.5 Å². The van der Waals surface area contributed by atoms with E-state index in [2.05, 4.69) is 66.1 Å². The molecule has 248 valence electrons. The molecule has 0 N–H and O–H groups in total. The molecule has 2 saturated heterocycles. The van der Waals surface area contributed by atoms with Gasteiger partial charge >= 0.3 is 5.97 Å². The Hall–Kier alpha value is -5.12. The summed E-state index contributed by atoms with van der Waals surface area (Å²) in [5.74, 6) is 0.0618. The van der Waals surface area contributed by atoms with Crippen molar-refractivity contribution in [1.29, 1.82) is 10.5 Å². The molecule has 0 bridgehead atoms. The Labute approximate surface area is 284 Å². The summed E-state index contributed by atoms with van der Waals surface area (Å²) >= 11 is 0. The van der Waals surface area contributed by atoms with Gasteiger partial charge in [0.2, 0.25) is 5.91 Å². The molecule has 0 aliphatic carbocycles. The molecule has 3 aromatic rings. The van der Waals surface area contributed by atoms with Gasteiger partial charge in [0.25, 0.3) is 0 Å². The predicted octanol–water partition coefficient (Wildman–Crippen LogP) is 6.08. The molecule has 5 rings (SSSR count). The molecule has 2 heterocycles. The van der Waals surface area contributed by atoms with E-state index in [1.54, 1.807) is 23.1 Å². The lowest BCUT2D eigenvalue weighted by Crippen LogP contribution is -2.34. The molecule has 0 spiro atoms. The standard InChI is InChI=1S/C39H44N6O3/c1-29-19-30(2)21-33(20-29)27-44-18-17-43(38(44)35(24-40)25-41)16-13-37(46)45(28-31-9-7-11-34(22-31)39(47)48-3)36-12-8-10-32(23-36)26-42-14-5-4-6-15-42/h7-12,19-23H,4-6,13-18,26-28H2,1-3H3. The van der Waals surface area contributed by atoms with Gasteiger partial charge in [0.05, 0.1) is 19.2 Å². The quantitative estimate of drug-likeness (QED) is 0.183. The average Bonchev–Trinajstić information content (AvgIpc) is 3.48. The van der Waals surface area contributed by atoms with E-state index < -0.39 is 5.97 Å². The number of nitriles is 2. The van der Waals surface area contributed by atoms with Gasteiger partial charge in [0.15, 0.2) is 5.57 Å². The fourth-order valence-corrected chi connectivity index (χ4v) is 6.83. The zero-order valence-electron chi connectivity index (χ0n) is 28.2. The van der Waals surface area contributed by atoms with Gasteiger partial charge in [-0.15, -0.1) is 0 Å². The normalized spacial score (nSPS) is 14.7. The molecule has 48 heavy (non-hydrogen) atoms. The Morgan fingerprint density at radius 3 is 2.19 bits per heavy atom. The lowest BCUT2D eigenvalue weighted by molar-refractivity contribution is -0.119. The number of piperidine rings is 1. The van der Waals surface area contributed by atoms with Crippen LogP contribution < -0.4 is 4.90 Å². The molecular formula is C39H44N6O3. The molecule has 9 nitrogen and oxygen atoms in total.